The summed E-state index contributed by atoms with van der Waals surface area (Å²) < 4.78 is 0. The maximum Gasteiger partial charge on any atom is 0.337 e. The summed E-state index contributed by atoms with van der Waals surface area (Å²) >= 11 is 0. The first-order chi connectivity index (χ1) is 11.5. The second kappa shape index (κ2) is 6.73. The second-order valence-corrected chi connectivity index (χ2v) is 6.63. The minimum atomic E-state index is -0.916. The molecule has 4 nitrogen and oxygen atoms in total. The van der Waals surface area contributed by atoms with Crippen molar-refractivity contribution in [3.63, 3.8) is 0 Å². The van der Waals surface area contributed by atoms with Crippen LogP contribution in [0.2, 0.25) is 0 Å². The number of benzene rings is 1. The number of aromatic nitrogens is 1. The molecule has 1 fully saturated rings. The first kappa shape index (κ1) is 16.7. The van der Waals surface area contributed by atoms with Crippen molar-refractivity contribution in [3.8, 4) is 11.3 Å². The quantitative estimate of drug-likeness (QED) is 0.915. The van der Waals surface area contributed by atoms with Gasteiger partial charge in [-0.25, -0.2) is 4.79 Å². The van der Waals surface area contributed by atoms with E-state index in [0.717, 1.165) is 29.9 Å². The van der Waals surface area contributed by atoms with E-state index in [1.54, 1.807) is 6.92 Å². The van der Waals surface area contributed by atoms with Gasteiger partial charge in [0.2, 0.25) is 0 Å². The van der Waals surface area contributed by atoms with Crippen LogP contribution in [-0.4, -0.2) is 34.0 Å². The van der Waals surface area contributed by atoms with E-state index in [2.05, 4.69) is 35.0 Å². The standard InChI is InChI=1S/C20H24N2O2/c1-13-11-18(21-14(2)19(13)20(23)24)17-8-6-7-16(12-17)15(3)22-9-4-5-10-22/h6-8,11-12,15H,4-5,9-10H2,1-3H3,(H,23,24)/t15-/m1/s1. The van der Waals surface area contributed by atoms with E-state index in [1.165, 1.54) is 18.4 Å². The molecule has 0 radical (unpaired) electrons. The Hall–Kier alpha value is -2.20. The van der Waals surface area contributed by atoms with Gasteiger partial charge in [-0.2, -0.15) is 0 Å². The van der Waals surface area contributed by atoms with Gasteiger partial charge in [0.25, 0.3) is 0 Å². The Morgan fingerprint density at radius 3 is 2.54 bits per heavy atom. The molecule has 0 spiro atoms. The summed E-state index contributed by atoms with van der Waals surface area (Å²) in [6.45, 7) is 8.17. The third kappa shape index (κ3) is 3.20. The van der Waals surface area contributed by atoms with Crippen molar-refractivity contribution < 1.29 is 9.90 Å². The molecular weight excluding hydrogens is 300 g/mol. The average Bonchev–Trinajstić information content (AvgIpc) is 3.07. The lowest BCUT2D eigenvalue weighted by Gasteiger charge is -2.24. The fourth-order valence-corrected chi connectivity index (χ4v) is 3.60. The average molecular weight is 324 g/mol. The molecule has 1 aromatic heterocycles. The van der Waals surface area contributed by atoms with Crippen molar-refractivity contribution in [3.05, 3.63) is 52.7 Å². The van der Waals surface area contributed by atoms with Gasteiger partial charge in [-0.15, -0.1) is 0 Å². The molecule has 126 valence electrons. The number of carbonyl (C=O) groups is 1. The van der Waals surface area contributed by atoms with E-state index in [1.807, 2.05) is 19.1 Å². The van der Waals surface area contributed by atoms with Crippen LogP contribution in [0, 0.1) is 13.8 Å². The van der Waals surface area contributed by atoms with Crippen LogP contribution in [0.5, 0.6) is 0 Å². The molecule has 0 aliphatic carbocycles. The minimum Gasteiger partial charge on any atom is -0.478 e. The van der Waals surface area contributed by atoms with Gasteiger partial charge >= 0.3 is 5.97 Å². The largest absolute Gasteiger partial charge is 0.478 e. The normalized spacial score (nSPS) is 16.3. The summed E-state index contributed by atoms with van der Waals surface area (Å²) in [6.07, 6.45) is 2.56. The van der Waals surface area contributed by atoms with Crippen molar-refractivity contribution in [1.29, 1.82) is 0 Å². The summed E-state index contributed by atoms with van der Waals surface area (Å²) in [7, 11) is 0. The third-order valence-corrected chi connectivity index (χ3v) is 4.96. The highest BCUT2D eigenvalue weighted by Crippen LogP contribution is 2.29. The Morgan fingerprint density at radius 1 is 1.21 bits per heavy atom. The van der Waals surface area contributed by atoms with Crippen LogP contribution < -0.4 is 0 Å². The summed E-state index contributed by atoms with van der Waals surface area (Å²) in [6, 6.07) is 10.7. The number of aromatic carboxylic acids is 1. The Labute approximate surface area is 143 Å². The molecule has 0 saturated carbocycles. The molecule has 0 bridgehead atoms. The van der Waals surface area contributed by atoms with Crippen LogP contribution in [0.15, 0.2) is 30.3 Å². The van der Waals surface area contributed by atoms with Crippen molar-refractivity contribution in [2.75, 3.05) is 13.1 Å². The second-order valence-electron chi connectivity index (χ2n) is 6.63. The molecule has 1 N–H and O–H groups in total. The maximum absolute atomic E-state index is 11.3. The molecule has 1 aliphatic heterocycles. The molecule has 2 heterocycles. The topological polar surface area (TPSA) is 53.4 Å². The zero-order valence-corrected chi connectivity index (χ0v) is 14.5. The number of carboxylic acid groups (broad SMARTS) is 1. The van der Waals surface area contributed by atoms with Crippen LogP contribution in [0.1, 0.15) is 53.0 Å². The van der Waals surface area contributed by atoms with Gasteiger partial charge in [-0.1, -0.05) is 18.2 Å². The summed E-state index contributed by atoms with van der Waals surface area (Å²) in [5, 5.41) is 9.30. The van der Waals surface area contributed by atoms with Crippen LogP contribution in [0.25, 0.3) is 11.3 Å². The number of aryl methyl sites for hydroxylation is 2. The fraction of sp³-hybridized carbons (Fsp3) is 0.400. The van der Waals surface area contributed by atoms with E-state index < -0.39 is 5.97 Å². The zero-order valence-electron chi connectivity index (χ0n) is 14.5. The molecule has 3 rings (SSSR count). The molecule has 1 atom stereocenters. The lowest BCUT2D eigenvalue weighted by Crippen LogP contribution is -2.23. The summed E-state index contributed by atoms with van der Waals surface area (Å²) in [5.41, 5.74) is 4.79. The van der Waals surface area contributed by atoms with E-state index in [0.29, 0.717) is 17.3 Å². The van der Waals surface area contributed by atoms with Crippen molar-refractivity contribution in [2.45, 2.75) is 39.7 Å². The van der Waals surface area contributed by atoms with Gasteiger partial charge in [0.1, 0.15) is 0 Å². The number of likely N-dealkylation sites (tertiary alicyclic amines) is 1. The molecule has 0 amide bonds. The SMILES string of the molecule is Cc1cc(-c2cccc([C@@H](C)N3CCCC3)c2)nc(C)c1C(=O)O. The Morgan fingerprint density at radius 2 is 1.92 bits per heavy atom. The minimum absolute atomic E-state index is 0.306. The van der Waals surface area contributed by atoms with E-state index in [4.69, 9.17) is 0 Å². The number of pyridine rings is 1. The molecule has 4 heteroatoms. The lowest BCUT2D eigenvalue weighted by molar-refractivity contribution is 0.0695. The smallest absolute Gasteiger partial charge is 0.337 e. The number of hydrogen-bond donors (Lipinski definition) is 1. The predicted molar refractivity (Wildman–Crippen MR) is 95.3 cm³/mol. The van der Waals surface area contributed by atoms with E-state index in [9.17, 15) is 9.90 Å². The molecule has 2 aromatic rings. The molecule has 1 aliphatic rings. The molecule has 24 heavy (non-hydrogen) atoms. The third-order valence-electron chi connectivity index (χ3n) is 4.96. The summed E-state index contributed by atoms with van der Waals surface area (Å²) in [5.74, 6) is -0.916. The molecule has 1 saturated heterocycles. The zero-order chi connectivity index (χ0) is 17.3. The number of rotatable bonds is 4. The lowest BCUT2D eigenvalue weighted by atomic mass is 9.99. The van der Waals surface area contributed by atoms with E-state index >= 15 is 0 Å². The van der Waals surface area contributed by atoms with Gasteiger partial charge in [-0.3, -0.25) is 9.88 Å². The number of carboxylic acids is 1. The summed E-state index contributed by atoms with van der Waals surface area (Å²) in [4.78, 5) is 18.4. The van der Waals surface area contributed by atoms with Crippen LogP contribution in [0.4, 0.5) is 0 Å². The van der Waals surface area contributed by atoms with Gasteiger partial charge in [0, 0.05) is 11.6 Å². The van der Waals surface area contributed by atoms with Crippen LogP contribution in [-0.2, 0) is 0 Å². The van der Waals surface area contributed by atoms with Crippen molar-refractivity contribution >= 4 is 5.97 Å². The Balaban J connectivity index is 1.95. The van der Waals surface area contributed by atoms with Gasteiger partial charge < -0.3 is 5.11 Å². The van der Waals surface area contributed by atoms with Crippen LogP contribution >= 0.6 is 0 Å². The van der Waals surface area contributed by atoms with Gasteiger partial charge in [-0.05, 0) is 70.0 Å². The number of nitrogens with zero attached hydrogens (tertiary/aromatic N) is 2. The Bertz CT molecular complexity index is 741. The Kier molecular flexibility index (Phi) is 4.67. The highest BCUT2D eigenvalue weighted by atomic mass is 16.4. The molecule has 0 unspecified atom stereocenters. The number of hydrogen-bond acceptors (Lipinski definition) is 3. The first-order valence-electron chi connectivity index (χ1n) is 8.53. The maximum atomic E-state index is 11.3. The molecule has 1 aromatic carbocycles. The fourth-order valence-electron chi connectivity index (χ4n) is 3.60. The van der Waals surface area contributed by atoms with Gasteiger partial charge in [0.05, 0.1) is 17.0 Å². The molecular formula is C20H24N2O2. The van der Waals surface area contributed by atoms with Crippen LogP contribution in [0.3, 0.4) is 0 Å². The first-order valence-corrected chi connectivity index (χ1v) is 8.53. The van der Waals surface area contributed by atoms with Crippen molar-refractivity contribution in [2.24, 2.45) is 0 Å². The monoisotopic (exact) mass is 324 g/mol. The highest BCUT2D eigenvalue weighted by molar-refractivity contribution is 5.91. The predicted octanol–water partition coefficient (Wildman–Crippen LogP) is 4.22. The van der Waals surface area contributed by atoms with E-state index in [-0.39, 0.29) is 0 Å². The van der Waals surface area contributed by atoms with Gasteiger partial charge in [0.15, 0.2) is 0 Å². The highest BCUT2D eigenvalue weighted by Gasteiger charge is 2.20. The van der Waals surface area contributed by atoms with Crippen molar-refractivity contribution in [1.82, 2.24) is 9.88 Å².